The molecule has 1 rings (SSSR count). The summed E-state index contributed by atoms with van der Waals surface area (Å²) in [4.78, 5) is 33.1. The molecule has 0 aliphatic rings. The van der Waals surface area contributed by atoms with E-state index in [0.29, 0.717) is 0 Å². The number of aromatic carboxylic acids is 2. The van der Waals surface area contributed by atoms with Crippen LogP contribution in [0.1, 0.15) is 31.1 Å². The van der Waals surface area contributed by atoms with E-state index in [0.717, 1.165) is 18.2 Å². The van der Waals surface area contributed by atoms with Crippen molar-refractivity contribution in [3.63, 3.8) is 0 Å². The molecule has 0 heterocycles. The number of carboxylic acid groups (broad SMARTS) is 2. The van der Waals surface area contributed by atoms with E-state index in [1.54, 1.807) is 0 Å². The van der Waals surface area contributed by atoms with E-state index in [-0.39, 0.29) is 5.56 Å². The maximum absolute atomic E-state index is 11.5. The average Bonchev–Trinajstić information content (AvgIpc) is 2.35. The van der Waals surface area contributed by atoms with Gasteiger partial charge in [-0.25, -0.2) is 9.59 Å². The first-order chi connectivity index (χ1) is 8.38. The van der Waals surface area contributed by atoms with Crippen molar-refractivity contribution in [2.75, 3.05) is 6.61 Å². The van der Waals surface area contributed by atoms with E-state index in [1.807, 2.05) is 0 Å². The molecule has 1 aromatic carbocycles. The molecule has 0 amide bonds. The molecule has 7 nitrogen and oxygen atoms in total. The zero-order valence-corrected chi connectivity index (χ0v) is 9.03. The summed E-state index contributed by atoms with van der Waals surface area (Å²) in [6.45, 7) is -0.804. The van der Waals surface area contributed by atoms with Crippen LogP contribution in [0.5, 0.6) is 0 Å². The first-order valence-electron chi connectivity index (χ1n) is 4.82. The lowest BCUT2D eigenvalue weighted by Gasteiger charge is -2.08. The lowest BCUT2D eigenvalue weighted by atomic mass is 9.99. The van der Waals surface area contributed by atoms with Crippen LogP contribution in [0.25, 0.3) is 0 Å². The monoisotopic (exact) mass is 254 g/mol. The maximum Gasteiger partial charge on any atom is 0.336 e. The molecular formula is C11H10O7. The predicted molar refractivity (Wildman–Crippen MR) is 57.8 cm³/mol. The standard InChI is InChI=1S/C11H10O7/c12-4-8(13)9(14)5-1-2-6(10(15)16)7(3-5)11(17)18/h1-3,8,12-13H,4H2,(H,15,16)(H,17,18). The summed E-state index contributed by atoms with van der Waals surface area (Å²) in [6.07, 6.45) is -1.66. The molecule has 0 radical (unpaired) electrons. The summed E-state index contributed by atoms with van der Waals surface area (Å²) in [5.74, 6) is -3.81. The van der Waals surface area contributed by atoms with E-state index in [4.69, 9.17) is 20.4 Å². The Balaban J connectivity index is 3.27. The molecule has 0 aliphatic heterocycles. The van der Waals surface area contributed by atoms with Crippen molar-refractivity contribution >= 4 is 17.7 Å². The van der Waals surface area contributed by atoms with Gasteiger partial charge in [0.1, 0.15) is 6.10 Å². The van der Waals surface area contributed by atoms with E-state index >= 15 is 0 Å². The van der Waals surface area contributed by atoms with Crippen LogP contribution in [0.15, 0.2) is 18.2 Å². The molecule has 1 aromatic rings. The molecule has 18 heavy (non-hydrogen) atoms. The Morgan fingerprint density at radius 2 is 1.61 bits per heavy atom. The fraction of sp³-hybridized carbons (Fsp3) is 0.182. The predicted octanol–water partition coefficient (Wildman–Crippen LogP) is -0.381. The number of ketones is 1. The minimum absolute atomic E-state index is 0.182. The second-order valence-electron chi connectivity index (χ2n) is 3.43. The summed E-state index contributed by atoms with van der Waals surface area (Å²) in [6, 6.07) is 2.90. The number of aliphatic hydroxyl groups is 2. The first kappa shape index (κ1) is 13.8. The normalized spacial score (nSPS) is 11.9. The van der Waals surface area contributed by atoms with Gasteiger partial charge in [-0.3, -0.25) is 4.79 Å². The smallest absolute Gasteiger partial charge is 0.336 e. The van der Waals surface area contributed by atoms with E-state index < -0.39 is 41.6 Å². The number of benzene rings is 1. The summed E-state index contributed by atoms with van der Waals surface area (Å²) in [7, 11) is 0. The van der Waals surface area contributed by atoms with Gasteiger partial charge in [0.2, 0.25) is 0 Å². The van der Waals surface area contributed by atoms with Gasteiger partial charge in [0.05, 0.1) is 17.7 Å². The van der Waals surface area contributed by atoms with Crippen LogP contribution in [-0.2, 0) is 0 Å². The molecule has 0 bridgehead atoms. The van der Waals surface area contributed by atoms with E-state index in [2.05, 4.69) is 0 Å². The first-order valence-corrected chi connectivity index (χ1v) is 4.82. The van der Waals surface area contributed by atoms with Crippen molar-refractivity contribution < 1.29 is 34.8 Å². The largest absolute Gasteiger partial charge is 0.478 e. The number of carbonyl (C=O) groups is 3. The van der Waals surface area contributed by atoms with E-state index in [1.165, 1.54) is 0 Å². The fourth-order valence-corrected chi connectivity index (χ4v) is 1.34. The van der Waals surface area contributed by atoms with E-state index in [9.17, 15) is 14.4 Å². The van der Waals surface area contributed by atoms with Gasteiger partial charge in [-0.2, -0.15) is 0 Å². The minimum atomic E-state index is -1.66. The lowest BCUT2D eigenvalue weighted by molar-refractivity contribution is 0.0586. The zero-order valence-electron chi connectivity index (χ0n) is 9.03. The van der Waals surface area contributed by atoms with Crippen LogP contribution in [-0.4, -0.2) is 50.9 Å². The third-order valence-electron chi connectivity index (χ3n) is 2.24. The maximum atomic E-state index is 11.5. The number of aliphatic hydroxyl groups excluding tert-OH is 2. The van der Waals surface area contributed by atoms with Gasteiger partial charge in [-0.05, 0) is 12.1 Å². The third kappa shape index (κ3) is 2.70. The second-order valence-corrected chi connectivity index (χ2v) is 3.43. The Morgan fingerprint density at radius 3 is 2.06 bits per heavy atom. The summed E-state index contributed by atoms with van der Waals surface area (Å²) in [5.41, 5.74) is -1.20. The molecule has 0 aliphatic carbocycles. The SMILES string of the molecule is O=C(O)c1ccc(C(=O)C(O)CO)cc1C(=O)O. The van der Waals surface area contributed by atoms with Gasteiger partial charge < -0.3 is 20.4 Å². The van der Waals surface area contributed by atoms with Crippen molar-refractivity contribution in [2.45, 2.75) is 6.10 Å². The van der Waals surface area contributed by atoms with Gasteiger partial charge in [-0.15, -0.1) is 0 Å². The van der Waals surface area contributed by atoms with Gasteiger partial charge >= 0.3 is 11.9 Å². The molecule has 4 N–H and O–H groups in total. The summed E-state index contributed by atoms with van der Waals surface area (Å²) >= 11 is 0. The molecule has 0 spiro atoms. The van der Waals surface area contributed by atoms with Gasteiger partial charge in [0, 0.05) is 5.56 Å². The summed E-state index contributed by atoms with van der Waals surface area (Å²) < 4.78 is 0. The molecule has 0 fully saturated rings. The van der Waals surface area contributed by atoms with Crippen molar-refractivity contribution in [3.8, 4) is 0 Å². The molecule has 1 unspecified atom stereocenters. The van der Waals surface area contributed by atoms with Crippen molar-refractivity contribution in [3.05, 3.63) is 34.9 Å². The highest BCUT2D eigenvalue weighted by atomic mass is 16.4. The number of hydrogen-bond acceptors (Lipinski definition) is 5. The van der Waals surface area contributed by atoms with Gasteiger partial charge in [-0.1, -0.05) is 6.07 Å². The number of hydrogen-bond donors (Lipinski definition) is 4. The highest BCUT2D eigenvalue weighted by Gasteiger charge is 2.21. The Bertz CT molecular complexity index is 506. The molecule has 1 atom stereocenters. The van der Waals surface area contributed by atoms with Crippen LogP contribution in [0, 0.1) is 0 Å². The Morgan fingerprint density at radius 1 is 1.06 bits per heavy atom. The van der Waals surface area contributed by atoms with Crippen molar-refractivity contribution in [1.29, 1.82) is 0 Å². The zero-order chi connectivity index (χ0) is 13.9. The summed E-state index contributed by atoms with van der Waals surface area (Å²) in [5, 5.41) is 35.3. The van der Waals surface area contributed by atoms with Crippen LogP contribution in [0.2, 0.25) is 0 Å². The van der Waals surface area contributed by atoms with Crippen molar-refractivity contribution in [2.24, 2.45) is 0 Å². The molecule has 7 heteroatoms. The Kier molecular flexibility index (Phi) is 4.13. The van der Waals surface area contributed by atoms with Crippen LogP contribution < -0.4 is 0 Å². The molecule has 0 saturated carbocycles. The second kappa shape index (κ2) is 5.39. The third-order valence-corrected chi connectivity index (χ3v) is 2.24. The number of rotatable bonds is 5. The van der Waals surface area contributed by atoms with Crippen LogP contribution in [0.3, 0.4) is 0 Å². The Hall–Kier alpha value is -2.25. The molecular weight excluding hydrogens is 244 g/mol. The average molecular weight is 254 g/mol. The number of carbonyl (C=O) groups excluding carboxylic acids is 1. The van der Waals surface area contributed by atoms with Gasteiger partial charge in [0.25, 0.3) is 0 Å². The lowest BCUT2D eigenvalue weighted by Crippen LogP contribution is -2.24. The highest BCUT2D eigenvalue weighted by molar-refractivity contribution is 6.06. The topological polar surface area (TPSA) is 132 Å². The quantitative estimate of drug-likeness (QED) is 0.526. The fourth-order valence-electron chi connectivity index (χ4n) is 1.34. The number of carboxylic acids is 2. The molecule has 0 aromatic heterocycles. The van der Waals surface area contributed by atoms with Crippen LogP contribution >= 0.6 is 0 Å². The molecule has 0 saturated heterocycles. The van der Waals surface area contributed by atoms with Crippen molar-refractivity contribution in [1.82, 2.24) is 0 Å². The van der Waals surface area contributed by atoms with Gasteiger partial charge in [0.15, 0.2) is 5.78 Å². The van der Waals surface area contributed by atoms with Crippen LogP contribution in [0.4, 0.5) is 0 Å². The number of Topliss-reactive ketones (excluding diaryl/α,β-unsaturated/α-hetero) is 1. The minimum Gasteiger partial charge on any atom is -0.478 e. The highest BCUT2D eigenvalue weighted by Crippen LogP contribution is 2.14. The molecule has 96 valence electrons. The Labute approximate surface area is 101 Å².